The van der Waals surface area contributed by atoms with Crippen LogP contribution >= 0.6 is 11.3 Å². The molecule has 0 saturated carbocycles. The van der Waals surface area contributed by atoms with E-state index in [1.807, 2.05) is 12.1 Å². The molecule has 1 aliphatic rings. The van der Waals surface area contributed by atoms with Gasteiger partial charge in [-0.3, -0.25) is 0 Å². The number of phenols is 1. The lowest BCUT2D eigenvalue weighted by atomic mass is 9.87. The summed E-state index contributed by atoms with van der Waals surface area (Å²) < 4.78 is 0. The van der Waals surface area contributed by atoms with Crippen molar-refractivity contribution >= 4 is 17.0 Å². The normalized spacial score (nSPS) is 18.7. The molecule has 3 rings (SSSR count). The summed E-state index contributed by atoms with van der Waals surface area (Å²) in [5, 5.41) is 17.3. The maximum atomic E-state index is 9.61. The average molecular weight is 245 g/mol. The number of thiophene rings is 1. The predicted octanol–water partition coefficient (Wildman–Crippen LogP) is 3.94. The highest BCUT2D eigenvalue weighted by Gasteiger charge is 2.20. The highest BCUT2D eigenvalue weighted by molar-refractivity contribution is 7.08. The first kappa shape index (κ1) is 10.7. The zero-order chi connectivity index (χ0) is 11.7. The van der Waals surface area contributed by atoms with Crippen molar-refractivity contribution in [3.63, 3.8) is 0 Å². The van der Waals surface area contributed by atoms with Gasteiger partial charge in [-0.2, -0.15) is 11.3 Å². The average Bonchev–Trinajstić information content (AvgIpc) is 2.83. The molecule has 0 fully saturated rings. The lowest BCUT2D eigenvalue weighted by molar-refractivity contribution is 0.471. The van der Waals surface area contributed by atoms with E-state index < -0.39 is 0 Å². The van der Waals surface area contributed by atoms with Gasteiger partial charge < -0.3 is 10.4 Å². The summed E-state index contributed by atoms with van der Waals surface area (Å²) in [6, 6.07) is 8.17. The monoisotopic (exact) mass is 245 g/mol. The number of aryl methyl sites for hydroxylation is 1. The smallest absolute Gasteiger partial charge is 0.115 e. The third kappa shape index (κ3) is 2.15. The zero-order valence-electron chi connectivity index (χ0n) is 9.52. The first-order valence-electron chi connectivity index (χ1n) is 5.93. The number of nitrogens with one attached hydrogen (secondary N) is 1. The summed E-state index contributed by atoms with van der Waals surface area (Å²) in [5.74, 6) is 0.364. The van der Waals surface area contributed by atoms with Crippen molar-refractivity contribution in [1.82, 2.24) is 0 Å². The fourth-order valence-electron chi connectivity index (χ4n) is 2.48. The lowest BCUT2D eigenvalue weighted by Gasteiger charge is -2.27. The van der Waals surface area contributed by atoms with Gasteiger partial charge in [0, 0.05) is 11.1 Å². The molecule has 0 amide bonds. The molecule has 0 aliphatic heterocycles. The minimum absolute atomic E-state index is 0.334. The molecule has 0 bridgehead atoms. The van der Waals surface area contributed by atoms with Gasteiger partial charge in [-0.05, 0) is 54.0 Å². The van der Waals surface area contributed by atoms with Crippen LogP contribution in [0.3, 0.4) is 0 Å². The van der Waals surface area contributed by atoms with Gasteiger partial charge in [0.05, 0.1) is 6.04 Å². The summed E-state index contributed by atoms with van der Waals surface area (Å²) >= 11 is 1.70. The predicted molar refractivity (Wildman–Crippen MR) is 71.7 cm³/mol. The molecule has 1 aliphatic carbocycles. The van der Waals surface area contributed by atoms with E-state index in [1.165, 1.54) is 23.2 Å². The van der Waals surface area contributed by atoms with Crippen LogP contribution < -0.4 is 5.32 Å². The maximum Gasteiger partial charge on any atom is 0.115 e. The highest BCUT2D eigenvalue weighted by Crippen LogP contribution is 2.34. The zero-order valence-corrected chi connectivity index (χ0v) is 10.3. The Kier molecular flexibility index (Phi) is 2.77. The SMILES string of the molecule is Oc1ccc2c(c1)C(Nc1ccsc1)CCC2. The Balaban J connectivity index is 1.90. The van der Waals surface area contributed by atoms with Crippen molar-refractivity contribution in [1.29, 1.82) is 0 Å². The Bertz CT molecular complexity index is 507. The molecule has 0 saturated heterocycles. The van der Waals surface area contributed by atoms with Crippen molar-refractivity contribution in [3.8, 4) is 5.75 Å². The van der Waals surface area contributed by atoms with Crippen LogP contribution in [-0.2, 0) is 6.42 Å². The van der Waals surface area contributed by atoms with Crippen LogP contribution in [0, 0.1) is 0 Å². The second kappa shape index (κ2) is 4.41. The first-order chi connectivity index (χ1) is 8.33. The molecular formula is C14H15NOS. The van der Waals surface area contributed by atoms with Gasteiger partial charge in [-0.1, -0.05) is 6.07 Å². The number of aromatic hydroxyl groups is 1. The van der Waals surface area contributed by atoms with Gasteiger partial charge >= 0.3 is 0 Å². The minimum atomic E-state index is 0.334. The van der Waals surface area contributed by atoms with Gasteiger partial charge in [0.15, 0.2) is 0 Å². The molecule has 2 aromatic rings. The van der Waals surface area contributed by atoms with Crippen molar-refractivity contribution in [2.45, 2.75) is 25.3 Å². The molecule has 1 heterocycles. The van der Waals surface area contributed by atoms with Gasteiger partial charge in [-0.25, -0.2) is 0 Å². The number of phenolic OH excluding ortho intramolecular Hbond substituents is 1. The summed E-state index contributed by atoms with van der Waals surface area (Å²) in [6.45, 7) is 0. The lowest BCUT2D eigenvalue weighted by Crippen LogP contribution is -2.16. The summed E-state index contributed by atoms with van der Waals surface area (Å²) in [7, 11) is 0. The second-order valence-electron chi connectivity index (χ2n) is 4.48. The van der Waals surface area contributed by atoms with Crippen LogP contribution in [0.15, 0.2) is 35.0 Å². The van der Waals surface area contributed by atoms with Crippen molar-refractivity contribution in [3.05, 3.63) is 46.2 Å². The molecule has 3 heteroatoms. The topological polar surface area (TPSA) is 32.3 Å². The van der Waals surface area contributed by atoms with E-state index in [-0.39, 0.29) is 0 Å². The summed E-state index contributed by atoms with van der Waals surface area (Å²) in [6.07, 6.45) is 3.46. The number of anilines is 1. The van der Waals surface area contributed by atoms with Crippen molar-refractivity contribution in [2.75, 3.05) is 5.32 Å². The van der Waals surface area contributed by atoms with Crippen LogP contribution in [0.2, 0.25) is 0 Å². The van der Waals surface area contributed by atoms with E-state index in [0.717, 1.165) is 12.8 Å². The summed E-state index contributed by atoms with van der Waals surface area (Å²) in [4.78, 5) is 0. The number of hydrogen-bond donors (Lipinski definition) is 2. The quantitative estimate of drug-likeness (QED) is 0.839. The van der Waals surface area contributed by atoms with Crippen LogP contribution in [0.4, 0.5) is 5.69 Å². The van der Waals surface area contributed by atoms with E-state index in [9.17, 15) is 5.11 Å². The number of rotatable bonds is 2. The number of benzene rings is 1. The molecule has 0 spiro atoms. The number of hydrogen-bond acceptors (Lipinski definition) is 3. The van der Waals surface area contributed by atoms with E-state index in [1.54, 1.807) is 17.4 Å². The van der Waals surface area contributed by atoms with Crippen LogP contribution in [0.25, 0.3) is 0 Å². The fraction of sp³-hybridized carbons (Fsp3) is 0.286. The van der Waals surface area contributed by atoms with Gasteiger partial charge in [0.1, 0.15) is 5.75 Å². The van der Waals surface area contributed by atoms with E-state index >= 15 is 0 Å². The Hall–Kier alpha value is -1.48. The Labute approximate surface area is 105 Å². The van der Waals surface area contributed by atoms with E-state index in [0.29, 0.717) is 11.8 Å². The van der Waals surface area contributed by atoms with Crippen LogP contribution in [0.5, 0.6) is 5.75 Å². The van der Waals surface area contributed by atoms with Gasteiger partial charge in [0.25, 0.3) is 0 Å². The third-order valence-electron chi connectivity index (χ3n) is 3.31. The van der Waals surface area contributed by atoms with Crippen LogP contribution in [0.1, 0.15) is 30.0 Å². The minimum Gasteiger partial charge on any atom is -0.508 e. The fourth-order valence-corrected chi connectivity index (χ4v) is 3.08. The maximum absolute atomic E-state index is 9.61. The molecule has 1 aromatic heterocycles. The molecular weight excluding hydrogens is 230 g/mol. The molecule has 1 aromatic carbocycles. The van der Waals surface area contributed by atoms with Crippen molar-refractivity contribution < 1.29 is 5.11 Å². The first-order valence-corrected chi connectivity index (χ1v) is 6.88. The highest BCUT2D eigenvalue weighted by atomic mass is 32.1. The van der Waals surface area contributed by atoms with Crippen LogP contribution in [-0.4, -0.2) is 5.11 Å². The van der Waals surface area contributed by atoms with Crippen molar-refractivity contribution in [2.24, 2.45) is 0 Å². The standard InChI is InChI=1S/C14H15NOS/c16-12-5-4-10-2-1-3-14(13(10)8-12)15-11-6-7-17-9-11/h4-9,14-16H,1-3H2. The molecule has 88 valence electrons. The van der Waals surface area contributed by atoms with E-state index in [2.05, 4.69) is 22.1 Å². The number of fused-ring (bicyclic) bond motifs is 1. The van der Waals surface area contributed by atoms with E-state index in [4.69, 9.17) is 0 Å². The van der Waals surface area contributed by atoms with Gasteiger partial charge in [0.2, 0.25) is 0 Å². The second-order valence-corrected chi connectivity index (χ2v) is 5.26. The largest absolute Gasteiger partial charge is 0.508 e. The third-order valence-corrected chi connectivity index (χ3v) is 3.99. The molecule has 17 heavy (non-hydrogen) atoms. The molecule has 2 N–H and O–H groups in total. The Morgan fingerprint density at radius 3 is 3.06 bits per heavy atom. The Morgan fingerprint density at radius 1 is 1.29 bits per heavy atom. The summed E-state index contributed by atoms with van der Waals surface area (Å²) in [5.41, 5.74) is 3.79. The molecule has 0 radical (unpaired) electrons. The molecule has 1 atom stereocenters. The van der Waals surface area contributed by atoms with Gasteiger partial charge in [-0.15, -0.1) is 0 Å². The molecule has 1 unspecified atom stereocenters. The molecule has 2 nitrogen and oxygen atoms in total. The Morgan fingerprint density at radius 2 is 2.24 bits per heavy atom.